The Balaban J connectivity index is 2.07. The minimum absolute atomic E-state index is 0.153. The molecule has 1 aliphatic heterocycles. The Morgan fingerprint density at radius 3 is 2.32 bits per heavy atom. The van der Waals surface area contributed by atoms with Gasteiger partial charge in [-0.25, -0.2) is 8.42 Å². The molecular weight excluding hydrogens is 264 g/mol. The van der Waals surface area contributed by atoms with Crippen LogP contribution in [0.5, 0.6) is 0 Å². The molecule has 0 saturated carbocycles. The number of hydrogen-bond acceptors (Lipinski definition) is 3. The summed E-state index contributed by atoms with van der Waals surface area (Å²) in [6, 6.07) is 6.97. The first-order valence-corrected chi connectivity index (χ1v) is 7.99. The molecule has 0 bridgehead atoms. The zero-order valence-corrected chi connectivity index (χ0v) is 12.0. The van der Waals surface area contributed by atoms with Gasteiger partial charge in [-0.3, -0.25) is 0 Å². The summed E-state index contributed by atoms with van der Waals surface area (Å²) in [6.07, 6.45) is 0. The average molecular weight is 285 g/mol. The second-order valence-corrected chi connectivity index (χ2v) is 6.88. The Hall–Kier alpha value is -0.950. The van der Waals surface area contributed by atoms with E-state index in [0.29, 0.717) is 24.5 Å². The highest BCUT2D eigenvalue weighted by Crippen LogP contribution is 2.16. The zero-order chi connectivity index (χ0) is 13.9. The smallest absolute Gasteiger partial charge is 0.243 e. The molecule has 19 heavy (non-hydrogen) atoms. The number of aryl methyl sites for hydroxylation is 1. The molecule has 1 aliphatic rings. The summed E-state index contributed by atoms with van der Waals surface area (Å²) < 4.78 is 26.4. The van der Waals surface area contributed by atoms with Crippen LogP contribution >= 0.6 is 0 Å². The Morgan fingerprint density at radius 2 is 1.79 bits per heavy atom. The van der Waals surface area contributed by atoms with Gasteiger partial charge in [0.25, 0.3) is 0 Å². The first kappa shape index (κ1) is 14.5. The van der Waals surface area contributed by atoms with Crippen LogP contribution in [0.15, 0.2) is 29.2 Å². The van der Waals surface area contributed by atoms with Crippen LogP contribution < -0.4 is 4.90 Å². The summed E-state index contributed by atoms with van der Waals surface area (Å²) >= 11 is 0. The van der Waals surface area contributed by atoms with Gasteiger partial charge in [0, 0.05) is 0 Å². The highest BCUT2D eigenvalue weighted by atomic mass is 32.2. The Kier molecular flexibility index (Phi) is 4.57. The molecular formula is C13H21N2O3S+. The van der Waals surface area contributed by atoms with Crippen molar-refractivity contribution in [2.24, 2.45) is 0 Å². The number of sulfonamides is 1. The Labute approximate surface area is 114 Å². The third-order valence-corrected chi connectivity index (χ3v) is 5.47. The van der Waals surface area contributed by atoms with Crippen LogP contribution in [-0.2, 0) is 10.0 Å². The van der Waals surface area contributed by atoms with Crippen LogP contribution in [0.2, 0.25) is 0 Å². The first-order chi connectivity index (χ1) is 9.04. The van der Waals surface area contributed by atoms with Crippen LogP contribution in [0.4, 0.5) is 0 Å². The molecule has 0 atom stereocenters. The van der Waals surface area contributed by atoms with Gasteiger partial charge in [-0.1, -0.05) is 17.7 Å². The Morgan fingerprint density at radius 1 is 1.21 bits per heavy atom. The number of quaternary nitrogens is 1. The number of hydrogen-bond donors (Lipinski definition) is 2. The molecule has 0 amide bonds. The van der Waals surface area contributed by atoms with E-state index in [1.54, 1.807) is 16.4 Å². The van der Waals surface area contributed by atoms with Crippen LogP contribution in [0.1, 0.15) is 5.56 Å². The minimum atomic E-state index is -3.36. The molecule has 0 aliphatic carbocycles. The predicted octanol–water partition coefficient (Wildman–Crippen LogP) is -1.12. The van der Waals surface area contributed by atoms with Gasteiger partial charge in [0.15, 0.2) is 0 Å². The molecule has 1 saturated heterocycles. The highest BCUT2D eigenvalue weighted by molar-refractivity contribution is 7.89. The normalized spacial score (nSPS) is 18.6. The summed E-state index contributed by atoms with van der Waals surface area (Å²) in [5, 5.41) is 8.90. The van der Waals surface area contributed by atoms with Gasteiger partial charge in [-0.15, -0.1) is 0 Å². The lowest BCUT2D eigenvalue weighted by Crippen LogP contribution is -3.15. The number of aliphatic hydroxyl groups excluding tert-OH is 1. The van der Waals surface area contributed by atoms with Crippen molar-refractivity contribution in [3.8, 4) is 0 Å². The molecule has 1 aromatic carbocycles. The van der Waals surface area contributed by atoms with Gasteiger partial charge in [-0.05, 0) is 19.1 Å². The van der Waals surface area contributed by atoms with Gasteiger partial charge in [0.1, 0.15) is 6.54 Å². The maximum absolute atomic E-state index is 12.4. The van der Waals surface area contributed by atoms with Crippen LogP contribution in [0, 0.1) is 6.92 Å². The fourth-order valence-electron chi connectivity index (χ4n) is 2.31. The molecule has 5 nitrogen and oxygen atoms in total. The van der Waals surface area contributed by atoms with E-state index in [1.165, 1.54) is 4.90 Å². The Bertz CT molecular complexity index is 505. The topological polar surface area (TPSA) is 62.0 Å². The van der Waals surface area contributed by atoms with Gasteiger partial charge >= 0.3 is 0 Å². The summed E-state index contributed by atoms with van der Waals surface area (Å²) in [6.45, 7) is 5.33. The second-order valence-electron chi connectivity index (χ2n) is 4.94. The minimum Gasteiger partial charge on any atom is -0.391 e. The maximum Gasteiger partial charge on any atom is 0.243 e. The third-order valence-electron chi connectivity index (χ3n) is 3.55. The van der Waals surface area contributed by atoms with E-state index in [1.807, 2.05) is 19.1 Å². The van der Waals surface area contributed by atoms with Gasteiger partial charge in [0.2, 0.25) is 10.0 Å². The van der Waals surface area contributed by atoms with Gasteiger partial charge < -0.3 is 10.0 Å². The van der Waals surface area contributed by atoms with Gasteiger partial charge in [-0.2, -0.15) is 4.31 Å². The molecule has 0 spiro atoms. The monoisotopic (exact) mass is 285 g/mol. The molecule has 1 fully saturated rings. The molecule has 1 heterocycles. The summed E-state index contributed by atoms with van der Waals surface area (Å²) in [4.78, 5) is 1.63. The lowest BCUT2D eigenvalue weighted by molar-refractivity contribution is -0.904. The lowest BCUT2D eigenvalue weighted by atomic mass is 10.2. The molecule has 1 aromatic rings. The number of aliphatic hydroxyl groups is 1. The van der Waals surface area contributed by atoms with Crippen molar-refractivity contribution in [1.29, 1.82) is 0 Å². The van der Waals surface area contributed by atoms with Crippen molar-refractivity contribution in [2.45, 2.75) is 11.8 Å². The SMILES string of the molecule is Cc1ccc(S(=O)(=O)N2CC[NH+](CCO)CC2)cc1. The van der Waals surface area contributed by atoms with E-state index in [9.17, 15) is 8.42 Å². The number of nitrogens with zero attached hydrogens (tertiary/aromatic N) is 1. The van der Waals surface area contributed by atoms with Crippen LogP contribution in [0.25, 0.3) is 0 Å². The fraction of sp³-hybridized carbons (Fsp3) is 0.538. The van der Waals surface area contributed by atoms with Crippen molar-refractivity contribution >= 4 is 10.0 Å². The number of benzene rings is 1. The first-order valence-electron chi connectivity index (χ1n) is 6.55. The molecule has 0 aromatic heterocycles. The predicted molar refractivity (Wildman–Crippen MR) is 72.6 cm³/mol. The fourth-order valence-corrected chi connectivity index (χ4v) is 3.75. The van der Waals surface area contributed by atoms with Crippen molar-refractivity contribution in [3.05, 3.63) is 29.8 Å². The number of rotatable bonds is 4. The van der Waals surface area contributed by atoms with E-state index in [4.69, 9.17) is 5.11 Å². The lowest BCUT2D eigenvalue weighted by Gasteiger charge is -2.31. The van der Waals surface area contributed by atoms with Crippen LogP contribution in [-0.4, -0.2) is 57.2 Å². The standard InChI is InChI=1S/C13H20N2O3S/c1-12-2-4-13(5-3-12)19(17,18)15-8-6-14(7-9-15)10-11-16/h2-5,16H,6-11H2,1H3/p+1. The maximum atomic E-state index is 12.4. The summed E-state index contributed by atoms with van der Waals surface area (Å²) in [7, 11) is -3.36. The third kappa shape index (κ3) is 3.33. The summed E-state index contributed by atoms with van der Waals surface area (Å²) in [5.41, 5.74) is 1.05. The van der Waals surface area contributed by atoms with E-state index >= 15 is 0 Å². The van der Waals surface area contributed by atoms with E-state index in [2.05, 4.69) is 0 Å². The average Bonchev–Trinajstić information content (AvgIpc) is 2.40. The van der Waals surface area contributed by atoms with Gasteiger partial charge in [0.05, 0.1) is 37.7 Å². The van der Waals surface area contributed by atoms with E-state index in [-0.39, 0.29) is 6.61 Å². The molecule has 106 valence electrons. The second kappa shape index (κ2) is 6.00. The number of piperazine rings is 1. The van der Waals surface area contributed by atoms with E-state index < -0.39 is 10.0 Å². The van der Waals surface area contributed by atoms with Crippen molar-refractivity contribution < 1.29 is 18.4 Å². The van der Waals surface area contributed by atoms with Crippen molar-refractivity contribution in [3.63, 3.8) is 0 Å². The highest BCUT2D eigenvalue weighted by Gasteiger charge is 2.29. The van der Waals surface area contributed by atoms with E-state index in [0.717, 1.165) is 18.7 Å². The zero-order valence-electron chi connectivity index (χ0n) is 11.2. The molecule has 6 heteroatoms. The summed E-state index contributed by atoms with van der Waals surface area (Å²) in [5.74, 6) is 0. The quantitative estimate of drug-likeness (QED) is 0.736. The molecule has 2 rings (SSSR count). The molecule has 2 N–H and O–H groups in total. The van der Waals surface area contributed by atoms with Crippen LogP contribution in [0.3, 0.4) is 0 Å². The van der Waals surface area contributed by atoms with Crippen molar-refractivity contribution in [1.82, 2.24) is 4.31 Å². The molecule has 0 unspecified atom stereocenters. The molecule has 0 radical (unpaired) electrons. The largest absolute Gasteiger partial charge is 0.391 e. The van der Waals surface area contributed by atoms with Crippen molar-refractivity contribution in [2.75, 3.05) is 39.3 Å². The number of nitrogens with one attached hydrogen (secondary N) is 1.